The van der Waals surface area contributed by atoms with E-state index in [2.05, 4.69) is 20.8 Å². The molecule has 0 spiro atoms. The summed E-state index contributed by atoms with van der Waals surface area (Å²) >= 11 is 4.76. The van der Waals surface area contributed by atoms with E-state index in [4.69, 9.17) is 12.6 Å². The highest BCUT2D eigenvalue weighted by Gasteiger charge is 2.57. The average molecular weight is 170 g/mol. The lowest BCUT2D eigenvalue weighted by Crippen LogP contribution is -2.36. The summed E-state index contributed by atoms with van der Waals surface area (Å²) in [4.78, 5) is 0. The van der Waals surface area contributed by atoms with Crippen LogP contribution in [-0.4, -0.2) is 5.25 Å². The first-order chi connectivity index (χ1) is 4.97. The molecule has 64 valence electrons. The minimum atomic E-state index is 0.496. The molecular weight excluding hydrogens is 152 g/mol. The standard InChI is InChI=1S/C10H18S/c1-9(2)7-4-5-10(3,6-7)8(9)11/h7-8,11H,4-6H2,1-3H3/t7-,8?,10+/m0/s1. The van der Waals surface area contributed by atoms with Crippen molar-refractivity contribution in [2.75, 3.05) is 0 Å². The van der Waals surface area contributed by atoms with Crippen molar-refractivity contribution >= 4 is 12.6 Å². The Morgan fingerprint density at radius 1 is 1.27 bits per heavy atom. The van der Waals surface area contributed by atoms with Crippen molar-refractivity contribution in [1.82, 2.24) is 0 Å². The van der Waals surface area contributed by atoms with Crippen molar-refractivity contribution in [1.29, 1.82) is 0 Å². The van der Waals surface area contributed by atoms with Gasteiger partial charge >= 0.3 is 0 Å². The van der Waals surface area contributed by atoms with Gasteiger partial charge in [-0.3, -0.25) is 0 Å². The lowest BCUT2D eigenvalue weighted by atomic mass is 9.72. The Kier molecular flexibility index (Phi) is 1.44. The molecule has 2 aliphatic carbocycles. The van der Waals surface area contributed by atoms with E-state index in [1.807, 2.05) is 0 Å². The van der Waals surface area contributed by atoms with Crippen LogP contribution in [0.1, 0.15) is 40.0 Å². The van der Waals surface area contributed by atoms with Crippen molar-refractivity contribution in [2.24, 2.45) is 16.7 Å². The summed E-state index contributed by atoms with van der Waals surface area (Å²) in [7, 11) is 0. The van der Waals surface area contributed by atoms with Gasteiger partial charge in [-0.05, 0) is 36.0 Å². The number of fused-ring (bicyclic) bond motifs is 2. The summed E-state index contributed by atoms with van der Waals surface area (Å²) in [5, 5.41) is 0.633. The second-order valence-electron chi connectivity index (χ2n) is 5.32. The molecule has 3 atom stereocenters. The van der Waals surface area contributed by atoms with Crippen LogP contribution in [0.2, 0.25) is 0 Å². The van der Waals surface area contributed by atoms with Crippen LogP contribution < -0.4 is 0 Å². The smallest absolute Gasteiger partial charge is 0.0124 e. The van der Waals surface area contributed by atoms with E-state index < -0.39 is 0 Å². The van der Waals surface area contributed by atoms with Crippen molar-refractivity contribution in [3.63, 3.8) is 0 Å². The molecule has 1 heteroatoms. The molecule has 2 aliphatic rings. The fourth-order valence-electron chi connectivity index (χ4n) is 3.28. The third-order valence-corrected chi connectivity index (χ3v) is 5.48. The minimum absolute atomic E-state index is 0.496. The van der Waals surface area contributed by atoms with Crippen LogP contribution in [0.15, 0.2) is 0 Å². The SMILES string of the molecule is CC1(C)C(S)[C@]2(C)CC[C@H]1C2. The van der Waals surface area contributed by atoms with Gasteiger partial charge in [0.25, 0.3) is 0 Å². The molecule has 1 unspecified atom stereocenters. The van der Waals surface area contributed by atoms with Crippen LogP contribution in [0.4, 0.5) is 0 Å². The van der Waals surface area contributed by atoms with Crippen LogP contribution in [-0.2, 0) is 0 Å². The largest absolute Gasteiger partial charge is 0.175 e. The number of rotatable bonds is 0. The van der Waals surface area contributed by atoms with E-state index in [1.165, 1.54) is 19.3 Å². The van der Waals surface area contributed by atoms with Gasteiger partial charge in [-0.1, -0.05) is 20.8 Å². The molecule has 0 nitrogen and oxygen atoms in total. The van der Waals surface area contributed by atoms with Crippen molar-refractivity contribution in [2.45, 2.75) is 45.3 Å². The van der Waals surface area contributed by atoms with Crippen molar-refractivity contribution in [3.05, 3.63) is 0 Å². The Balaban J connectivity index is 2.34. The first-order valence-electron chi connectivity index (χ1n) is 4.65. The lowest BCUT2D eigenvalue weighted by molar-refractivity contribution is 0.196. The summed E-state index contributed by atoms with van der Waals surface area (Å²) in [6, 6.07) is 0. The first kappa shape index (κ1) is 7.97. The number of hydrogen-bond acceptors (Lipinski definition) is 1. The molecule has 2 saturated carbocycles. The fraction of sp³-hybridized carbons (Fsp3) is 1.00. The van der Waals surface area contributed by atoms with E-state index in [0.29, 0.717) is 16.1 Å². The second-order valence-corrected chi connectivity index (χ2v) is 5.83. The molecule has 0 heterocycles. The third-order valence-electron chi connectivity index (χ3n) is 4.19. The lowest BCUT2D eigenvalue weighted by Gasteiger charge is -2.39. The van der Waals surface area contributed by atoms with E-state index in [-0.39, 0.29) is 0 Å². The zero-order chi connectivity index (χ0) is 8.28. The molecule has 0 aromatic rings. The van der Waals surface area contributed by atoms with Gasteiger partial charge < -0.3 is 0 Å². The molecule has 0 radical (unpaired) electrons. The molecule has 0 saturated heterocycles. The van der Waals surface area contributed by atoms with Crippen LogP contribution in [0.3, 0.4) is 0 Å². The van der Waals surface area contributed by atoms with E-state index >= 15 is 0 Å². The molecule has 2 rings (SSSR count). The fourth-order valence-corrected chi connectivity index (χ4v) is 3.72. The van der Waals surface area contributed by atoms with Gasteiger partial charge in [-0.25, -0.2) is 0 Å². The maximum absolute atomic E-state index is 4.76. The molecule has 2 bridgehead atoms. The Labute approximate surface area is 75.2 Å². The predicted molar refractivity (Wildman–Crippen MR) is 52.0 cm³/mol. The van der Waals surface area contributed by atoms with Crippen LogP contribution in [0.5, 0.6) is 0 Å². The molecule has 0 aliphatic heterocycles. The first-order valence-corrected chi connectivity index (χ1v) is 5.16. The normalized spacial score (nSPS) is 53.5. The summed E-state index contributed by atoms with van der Waals surface area (Å²) in [6.45, 7) is 7.19. The molecular formula is C10H18S. The van der Waals surface area contributed by atoms with Gasteiger partial charge in [-0.2, -0.15) is 12.6 Å². The minimum Gasteiger partial charge on any atom is -0.175 e. The molecule has 2 fully saturated rings. The van der Waals surface area contributed by atoms with E-state index in [0.717, 1.165) is 5.92 Å². The highest BCUT2D eigenvalue weighted by atomic mass is 32.1. The number of thiol groups is 1. The Hall–Kier alpha value is 0.350. The zero-order valence-corrected chi connectivity index (χ0v) is 8.62. The summed E-state index contributed by atoms with van der Waals surface area (Å²) in [5.41, 5.74) is 1.06. The summed E-state index contributed by atoms with van der Waals surface area (Å²) in [5.74, 6) is 0.954. The molecule has 0 N–H and O–H groups in total. The molecule has 11 heavy (non-hydrogen) atoms. The average Bonchev–Trinajstić information content (AvgIpc) is 2.36. The van der Waals surface area contributed by atoms with Crippen LogP contribution in [0, 0.1) is 16.7 Å². The van der Waals surface area contributed by atoms with Gasteiger partial charge in [0.05, 0.1) is 0 Å². The maximum atomic E-state index is 4.76. The quantitative estimate of drug-likeness (QED) is 0.531. The monoisotopic (exact) mass is 170 g/mol. The molecule has 0 aromatic carbocycles. The Morgan fingerprint density at radius 3 is 2.18 bits per heavy atom. The second kappa shape index (κ2) is 1.99. The predicted octanol–water partition coefficient (Wildman–Crippen LogP) is 3.13. The van der Waals surface area contributed by atoms with Crippen LogP contribution in [0.25, 0.3) is 0 Å². The van der Waals surface area contributed by atoms with Gasteiger partial charge in [0.2, 0.25) is 0 Å². The molecule has 0 amide bonds. The highest BCUT2D eigenvalue weighted by molar-refractivity contribution is 7.81. The van der Waals surface area contributed by atoms with Crippen molar-refractivity contribution < 1.29 is 0 Å². The van der Waals surface area contributed by atoms with Crippen molar-refractivity contribution in [3.8, 4) is 0 Å². The van der Waals surface area contributed by atoms with Gasteiger partial charge in [0.15, 0.2) is 0 Å². The van der Waals surface area contributed by atoms with Gasteiger partial charge in [-0.15, -0.1) is 0 Å². The van der Waals surface area contributed by atoms with E-state index in [1.54, 1.807) is 0 Å². The number of hydrogen-bond donors (Lipinski definition) is 1. The van der Waals surface area contributed by atoms with Gasteiger partial charge in [0.1, 0.15) is 0 Å². The summed E-state index contributed by atoms with van der Waals surface area (Å²) < 4.78 is 0. The van der Waals surface area contributed by atoms with Gasteiger partial charge in [0, 0.05) is 5.25 Å². The van der Waals surface area contributed by atoms with Crippen LogP contribution >= 0.6 is 12.6 Å². The highest BCUT2D eigenvalue weighted by Crippen LogP contribution is 2.64. The maximum Gasteiger partial charge on any atom is 0.0124 e. The Bertz CT molecular complexity index is 181. The van der Waals surface area contributed by atoms with E-state index in [9.17, 15) is 0 Å². The summed E-state index contributed by atoms with van der Waals surface area (Å²) in [6.07, 6.45) is 4.28. The Morgan fingerprint density at radius 2 is 1.91 bits per heavy atom. The molecule has 0 aromatic heterocycles. The zero-order valence-electron chi connectivity index (χ0n) is 7.72. The third kappa shape index (κ3) is 0.838. The topological polar surface area (TPSA) is 0 Å².